The maximum atomic E-state index is 13.7. The molecule has 4 aromatic rings. The molecule has 3 N–H and O–H groups in total. The standard InChI is InChI=1S/C25H25FN6O/c1-16-12-17(2)30-25(29-16)32-24(31-23(33)13-18-6-4-3-5-7-18)27-11-10-19-15-28-22-9-8-20(26)14-21(19)22/h3-9,12,14-15,28H,10-11,13H2,1-2H3,(H2,27,29,30,31,32,33). The number of H-pyrrole nitrogens is 1. The lowest BCUT2D eigenvalue weighted by Gasteiger charge is -2.11. The van der Waals surface area contributed by atoms with Crippen molar-refractivity contribution >= 4 is 28.7 Å². The predicted octanol–water partition coefficient (Wildman–Crippen LogP) is 4.08. The Morgan fingerprint density at radius 1 is 1.06 bits per heavy atom. The fourth-order valence-electron chi connectivity index (χ4n) is 3.60. The molecule has 0 aliphatic carbocycles. The summed E-state index contributed by atoms with van der Waals surface area (Å²) in [5.74, 6) is 0.146. The molecule has 0 saturated carbocycles. The highest BCUT2D eigenvalue weighted by atomic mass is 19.1. The molecule has 0 spiro atoms. The Labute approximate surface area is 191 Å². The lowest BCUT2D eigenvalue weighted by atomic mass is 10.1. The van der Waals surface area contributed by atoms with Crippen LogP contribution in [0.15, 0.2) is 65.8 Å². The Kier molecular flexibility index (Phi) is 6.73. The summed E-state index contributed by atoms with van der Waals surface area (Å²) in [7, 11) is 0. The van der Waals surface area contributed by atoms with Crippen LogP contribution in [0.2, 0.25) is 0 Å². The Morgan fingerprint density at radius 3 is 2.58 bits per heavy atom. The Hall–Kier alpha value is -4.07. The second-order valence-electron chi connectivity index (χ2n) is 7.79. The van der Waals surface area contributed by atoms with E-state index in [1.165, 1.54) is 12.1 Å². The number of nitrogens with one attached hydrogen (secondary N) is 3. The number of nitrogens with zero attached hydrogens (tertiary/aromatic N) is 3. The maximum absolute atomic E-state index is 13.7. The number of aryl methyl sites for hydroxylation is 2. The number of aliphatic imine (C=N–C) groups is 1. The summed E-state index contributed by atoms with van der Waals surface area (Å²) in [4.78, 5) is 29.1. The summed E-state index contributed by atoms with van der Waals surface area (Å²) in [6, 6.07) is 16.0. The van der Waals surface area contributed by atoms with Crippen molar-refractivity contribution < 1.29 is 9.18 Å². The minimum Gasteiger partial charge on any atom is -0.361 e. The molecule has 2 aromatic carbocycles. The number of carbonyl (C=O) groups excluding carboxylic acids is 1. The van der Waals surface area contributed by atoms with Crippen LogP contribution in [0.1, 0.15) is 22.5 Å². The Balaban J connectivity index is 1.50. The van der Waals surface area contributed by atoms with Crippen molar-refractivity contribution in [3.05, 3.63) is 89.1 Å². The number of hydrogen-bond acceptors (Lipinski definition) is 4. The second kappa shape index (κ2) is 10.0. The zero-order valence-electron chi connectivity index (χ0n) is 18.5. The van der Waals surface area contributed by atoms with Crippen LogP contribution in [0.3, 0.4) is 0 Å². The fourth-order valence-corrected chi connectivity index (χ4v) is 3.60. The van der Waals surface area contributed by atoms with Gasteiger partial charge in [-0.1, -0.05) is 30.3 Å². The van der Waals surface area contributed by atoms with Crippen LogP contribution in [0, 0.1) is 19.7 Å². The zero-order valence-corrected chi connectivity index (χ0v) is 18.5. The molecule has 0 aliphatic heterocycles. The van der Waals surface area contributed by atoms with Gasteiger partial charge in [0.25, 0.3) is 0 Å². The number of rotatable bonds is 6. The number of benzene rings is 2. The third-order valence-electron chi connectivity index (χ3n) is 5.06. The van der Waals surface area contributed by atoms with E-state index in [1.807, 2.05) is 56.4 Å². The topological polar surface area (TPSA) is 95.1 Å². The molecule has 4 rings (SSSR count). The van der Waals surface area contributed by atoms with E-state index in [0.29, 0.717) is 18.9 Å². The molecule has 33 heavy (non-hydrogen) atoms. The fraction of sp³-hybridized carbons (Fsp3) is 0.200. The van der Waals surface area contributed by atoms with Crippen LogP contribution in [-0.4, -0.2) is 33.4 Å². The number of halogens is 1. The summed E-state index contributed by atoms with van der Waals surface area (Å²) < 4.78 is 13.7. The molecule has 0 fully saturated rings. The van der Waals surface area contributed by atoms with E-state index < -0.39 is 0 Å². The van der Waals surface area contributed by atoms with E-state index in [1.54, 1.807) is 6.07 Å². The van der Waals surface area contributed by atoms with Gasteiger partial charge in [0.05, 0.1) is 6.42 Å². The smallest absolute Gasteiger partial charge is 0.231 e. The zero-order chi connectivity index (χ0) is 23.2. The first-order chi connectivity index (χ1) is 16.0. The molecule has 0 unspecified atom stereocenters. The van der Waals surface area contributed by atoms with Gasteiger partial charge in [0.2, 0.25) is 17.8 Å². The molecule has 2 aromatic heterocycles. The van der Waals surface area contributed by atoms with Crippen LogP contribution in [0.25, 0.3) is 10.9 Å². The van der Waals surface area contributed by atoms with Crippen LogP contribution in [0.4, 0.5) is 10.3 Å². The van der Waals surface area contributed by atoms with Crippen molar-refractivity contribution in [3.8, 4) is 0 Å². The summed E-state index contributed by atoms with van der Waals surface area (Å²) >= 11 is 0. The van der Waals surface area contributed by atoms with Gasteiger partial charge in [-0.2, -0.15) is 0 Å². The first-order valence-electron chi connectivity index (χ1n) is 10.7. The van der Waals surface area contributed by atoms with Gasteiger partial charge in [-0.05, 0) is 55.7 Å². The van der Waals surface area contributed by atoms with E-state index in [2.05, 4.69) is 30.6 Å². The summed E-state index contributed by atoms with van der Waals surface area (Å²) in [6.45, 7) is 4.13. The van der Waals surface area contributed by atoms with Gasteiger partial charge in [-0.15, -0.1) is 0 Å². The highest BCUT2D eigenvalue weighted by molar-refractivity contribution is 6.03. The van der Waals surface area contributed by atoms with Crippen molar-refractivity contribution in [3.63, 3.8) is 0 Å². The Morgan fingerprint density at radius 2 is 1.82 bits per heavy atom. The minimum atomic E-state index is -0.283. The van der Waals surface area contributed by atoms with Crippen LogP contribution in [0.5, 0.6) is 0 Å². The van der Waals surface area contributed by atoms with Crippen molar-refractivity contribution in [2.45, 2.75) is 26.7 Å². The molecule has 7 nitrogen and oxygen atoms in total. The average Bonchev–Trinajstić information content (AvgIpc) is 3.15. The number of amides is 1. The highest BCUT2D eigenvalue weighted by Gasteiger charge is 2.11. The SMILES string of the molecule is Cc1cc(C)nc(NC(=NCCc2c[nH]c3ccc(F)cc23)NC(=O)Cc2ccccc2)n1. The molecule has 0 aliphatic rings. The van der Waals surface area contributed by atoms with Crippen LogP contribution in [-0.2, 0) is 17.6 Å². The summed E-state index contributed by atoms with van der Waals surface area (Å²) in [5, 5.41) is 6.69. The number of anilines is 1. The maximum Gasteiger partial charge on any atom is 0.231 e. The van der Waals surface area contributed by atoms with E-state index in [-0.39, 0.29) is 24.1 Å². The van der Waals surface area contributed by atoms with Gasteiger partial charge in [-0.25, -0.2) is 14.4 Å². The minimum absolute atomic E-state index is 0.203. The van der Waals surface area contributed by atoms with E-state index in [4.69, 9.17) is 0 Å². The molecular weight excluding hydrogens is 419 g/mol. The number of aromatic nitrogens is 3. The molecule has 2 heterocycles. The van der Waals surface area contributed by atoms with Gasteiger partial charge >= 0.3 is 0 Å². The number of fused-ring (bicyclic) bond motifs is 1. The molecule has 1 amide bonds. The van der Waals surface area contributed by atoms with E-state index in [0.717, 1.165) is 33.4 Å². The van der Waals surface area contributed by atoms with Crippen LogP contribution < -0.4 is 10.6 Å². The van der Waals surface area contributed by atoms with Gasteiger partial charge in [0, 0.05) is 35.0 Å². The molecule has 0 bridgehead atoms. The molecule has 0 saturated heterocycles. The monoisotopic (exact) mass is 444 g/mol. The second-order valence-corrected chi connectivity index (χ2v) is 7.79. The van der Waals surface area contributed by atoms with Crippen molar-refractivity contribution in [1.82, 2.24) is 20.3 Å². The normalized spacial score (nSPS) is 11.5. The first kappa shape index (κ1) is 22.1. The molecular formula is C25H25FN6O. The van der Waals surface area contributed by atoms with Crippen molar-refractivity contribution in [2.75, 3.05) is 11.9 Å². The third kappa shape index (κ3) is 6.00. The number of aromatic amines is 1. The molecule has 8 heteroatoms. The van der Waals surface area contributed by atoms with Gasteiger partial charge in [-0.3, -0.25) is 20.4 Å². The predicted molar refractivity (Wildman–Crippen MR) is 128 cm³/mol. The average molecular weight is 445 g/mol. The van der Waals surface area contributed by atoms with E-state index in [9.17, 15) is 9.18 Å². The number of guanidine groups is 1. The van der Waals surface area contributed by atoms with Crippen LogP contribution >= 0.6 is 0 Å². The number of hydrogen-bond donors (Lipinski definition) is 3. The molecule has 0 radical (unpaired) electrons. The quantitative estimate of drug-likeness (QED) is 0.308. The highest BCUT2D eigenvalue weighted by Crippen LogP contribution is 2.19. The van der Waals surface area contributed by atoms with Crippen molar-refractivity contribution in [2.24, 2.45) is 4.99 Å². The summed E-state index contributed by atoms with van der Waals surface area (Å²) in [5.41, 5.74) is 4.33. The third-order valence-corrected chi connectivity index (χ3v) is 5.06. The Bertz CT molecular complexity index is 1280. The number of carbonyl (C=O) groups is 1. The molecule has 168 valence electrons. The molecule has 0 atom stereocenters. The lowest BCUT2D eigenvalue weighted by Crippen LogP contribution is -2.37. The van der Waals surface area contributed by atoms with Gasteiger partial charge < -0.3 is 4.98 Å². The van der Waals surface area contributed by atoms with E-state index >= 15 is 0 Å². The largest absolute Gasteiger partial charge is 0.361 e. The lowest BCUT2D eigenvalue weighted by molar-refractivity contribution is -0.119. The van der Waals surface area contributed by atoms with Gasteiger partial charge in [0.1, 0.15) is 5.82 Å². The first-order valence-corrected chi connectivity index (χ1v) is 10.7. The van der Waals surface area contributed by atoms with Gasteiger partial charge in [0.15, 0.2) is 0 Å². The van der Waals surface area contributed by atoms with Crippen molar-refractivity contribution in [1.29, 1.82) is 0 Å². The summed E-state index contributed by atoms with van der Waals surface area (Å²) in [6.07, 6.45) is 2.64.